The number of hydrogen-bond acceptors (Lipinski definition) is 5. The molecule has 0 saturated heterocycles. The first-order valence-corrected chi connectivity index (χ1v) is 5.24. The van der Waals surface area contributed by atoms with Gasteiger partial charge in [-0.15, -0.1) is 0 Å². The summed E-state index contributed by atoms with van der Waals surface area (Å²) in [4.78, 5) is 46.6. The number of carbonyl (C=O) groups is 4. The molecule has 4 amide bonds. The normalized spacial score (nSPS) is 18.7. The van der Waals surface area contributed by atoms with Crippen LogP contribution in [0.5, 0.6) is 0 Å². The van der Waals surface area contributed by atoms with E-state index in [9.17, 15) is 19.2 Å². The van der Waals surface area contributed by atoms with Gasteiger partial charge in [0.2, 0.25) is 0 Å². The summed E-state index contributed by atoms with van der Waals surface area (Å²) in [7, 11) is 0. The Balaban J connectivity index is 1.71. The first kappa shape index (κ1) is 12.2. The van der Waals surface area contributed by atoms with Crippen molar-refractivity contribution in [3.8, 4) is 0 Å². The van der Waals surface area contributed by atoms with Crippen LogP contribution >= 0.6 is 0 Å². The molecule has 0 aromatic heterocycles. The Kier molecular flexibility index (Phi) is 3.33. The zero-order chi connectivity index (χ0) is 13.1. The molecule has 0 atom stereocenters. The number of amides is 4. The van der Waals surface area contributed by atoms with Gasteiger partial charge in [0.1, 0.15) is 6.73 Å². The Hall–Kier alpha value is -2.28. The van der Waals surface area contributed by atoms with E-state index in [1.807, 2.05) is 0 Å². The van der Waals surface area contributed by atoms with Gasteiger partial charge in [-0.25, -0.2) is 0 Å². The lowest BCUT2D eigenvalue weighted by Crippen LogP contribution is -2.36. The summed E-state index contributed by atoms with van der Waals surface area (Å²) in [5.74, 6) is -1.65. The number of nitrogens with zero attached hydrogens (tertiary/aromatic N) is 2. The molecule has 2 rings (SSSR count). The maximum atomic E-state index is 11.2. The van der Waals surface area contributed by atoms with Gasteiger partial charge < -0.3 is 4.74 Å². The molecule has 2 heterocycles. The summed E-state index contributed by atoms with van der Waals surface area (Å²) in [5, 5.41) is 0. The van der Waals surface area contributed by atoms with Gasteiger partial charge in [0, 0.05) is 24.3 Å². The van der Waals surface area contributed by atoms with E-state index in [4.69, 9.17) is 4.74 Å². The Labute approximate surface area is 102 Å². The molecule has 7 nitrogen and oxygen atoms in total. The quantitative estimate of drug-likeness (QED) is 0.452. The van der Waals surface area contributed by atoms with Crippen LogP contribution in [0, 0.1) is 0 Å². The van der Waals surface area contributed by atoms with Crippen LogP contribution in [0.25, 0.3) is 0 Å². The van der Waals surface area contributed by atoms with Crippen LogP contribution in [-0.2, 0) is 23.9 Å². The highest BCUT2D eigenvalue weighted by Gasteiger charge is 2.25. The van der Waals surface area contributed by atoms with Crippen molar-refractivity contribution in [2.45, 2.75) is 0 Å². The van der Waals surface area contributed by atoms with E-state index in [2.05, 4.69) is 0 Å². The number of hydrogen-bond donors (Lipinski definition) is 0. The van der Waals surface area contributed by atoms with Gasteiger partial charge in [0.05, 0.1) is 13.2 Å². The van der Waals surface area contributed by atoms with Crippen molar-refractivity contribution in [2.24, 2.45) is 0 Å². The summed E-state index contributed by atoms with van der Waals surface area (Å²) in [6.45, 7) is -0.0289. The summed E-state index contributed by atoms with van der Waals surface area (Å²) in [5.41, 5.74) is 0. The van der Waals surface area contributed by atoms with Crippen LogP contribution in [-0.4, -0.2) is 53.3 Å². The molecule has 0 spiro atoms. The fourth-order valence-corrected chi connectivity index (χ4v) is 1.52. The van der Waals surface area contributed by atoms with Gasteiger partial charge in [0.25, 0.3) is 23.6 Å². The predicted molar refractivity (Wildman–Crippen MR) is 57.7 cm³/mol. The topological polar surface area (TPSA) is 84.0 Å². The van der Waals surface area contributed by atoms with E-state index < -0.39 is 23.6 Å². The molecular weight excluding hydrogens is 240 g/mol. The van der Waals surface area contributed by atoms with E-state index in [-0.39, 0.29) is 19.9 Å². The Morgan fingerprint density at radius 3 is 1.72 bits per heavy atom. The first-order chi connectivity index (χ1) is 8.59. The van der Waals surface area contributed by atoms with Gasteiger partial charge in [-0.3, -0.25) is 29.0 Å². The minimum absolute atomic E-state index is 0.0657. The molecule has 94 valence electrons. The molecule has 0 unspecified atom stereocenters. The number of ether oxygens (including phenoxy) is 1. The molecule has 0 aliphatic carbocycles. The smallest absolute Gasteiger partial charge is 0.255 e. The van der Waals surface area contributed by atoms with E-state index in [1.54, 1.807) is 0 Å². The highest BCUT2D eigenvalue weighted by atomic mass is 16.5. The largest absolute Gasteiger partial charge is 0.359 e. The van der Waals surface area contributed by atoms with Crippen molar-refractivity contribution in [3.05, 3.63) is 24.3 Å². The minimum atomic E-state index is -0.435. The third-order valence-corrected chi connectivity index (χ3v) is 2.48. The average Bonchev–Trinajstić information content (AvgIpc) is 2.82. The molecule has 2 aliphatic heterocycles. The van der Waals surface area contributed by atoms with Crippen LogP contribution < -0.4 is 0 Å². The van der Waals surface area contributed by atoms with E-state index in [0.717, 1.165) is 22.0 Å². The highest BCUT2D eigenvalue weighted by Crippen LogP contribution is 2.05. The maximum Gasteiger partial charge on any atom is 0.255 e. The van der Waals surface area contributed by atoms with Gasteiger partial charge in [-0.1, -0.05) is 0 Å². The van der Waals surface area contributed by atoms with E-state index in [0.29, 0.717) is 0 Å². The summed E-state index contributed by atoms with van der Waals surface area (Å²) < 4.78 is 5.09. The van der Waals surface area contributed by atoms with Crippen molar-refractivity contribution in [2.75, 3.05) is 19.9 Å². The van der Waals surface area contributed by atoms with Crippen molar-refractivity contribution >= 4 is 23.6 Å². The Morgan fingerprint density at radius 1 is 0.778 bits per heavy atom. The molecule has 0 aromatic carbocycles. The van der Waals surface area contributed by atoms with Gasteiger partial charge in [0.15, 0.2) is 0 Å². The van der Waals surface area contributed by atoms with Crippen LogP contribution in [0.2, 0.25) is 0 Å². The van der Waals surface area contributed by atoms with Crippen molar-refractivity contribution < 1.29 is 23.9 Å². The highest BCUT2D eigenvalue weighted by molar-refractivity contribution is 6.13. The monoisotopic (exact) mass is 250 g/mol. The van der Waals surface area contributed by atoms with Crippen LogP contribution in [0.3, 0.4) is 0 Å². The van der Waals surface area contributed by atoms with E-state index in [1.165, 1.54) is 12.2 Å². The molecule has 0 N–H and O–H groups in total. The molecule has 0 radical (unpaired) electrons. The molecule has 2 aliphatic rings. The number of rotatable bonds is 5. The number of carbonyl (C=O) groups excluding carboxylic acids is 4. The molecule has 0 bridgehead atoms. The predicted octanol–water partition coefficient (Wildman–Crippen LogP) is -1.19. The molecule has 0 aromatic rings. The lowest BCUT2D eigenvalue weighted by atomic mass is 10.5. The second-order valence-corrected chi connectivity index (χ2v) is 3.64. The fraction of sp³-hybridized carbons (Fsp3) is 0.273. The van der Waals surface area contributed by atoms with Crippen molar-refractivity contribution in [1.29, 1.82) is 0 Å². The fourth-order valence-electron chi connectivity index (χ4n) is 1.52. The Bertz CT molecular complexity index is 400. The van der Waals surface area contributed by atoms with Crippen LogP contribution in [0.1, 0.15) is 0 Å². The Morgan fingerprint density at radius 2 is 1.22 bits per heavy atom. The molecule has 18 heavy (non-hydrogen) atoms. The lowest BCUT2D eigenvalue weighted by molar-refractivity contribution is -0.145. The van der Waals surface area contributed by atoms with Crippen molar-refractivity contribution in [1.82, 2.24) is 9.80 Å². The summed E-state index contributed by atoms with van der Waals surface area (Å²) in [6, 6.07) is 0. The second-order valence-electron chi connectivity index (χ2n) is 3.64. The number of imide groups is 2. The zero-order valence-corrected chi connectivity index (χ0v) is 9.37. The van der Waals surface area contributed by atoms with Crippen LogP contribution in [0.4, 0.5) is 0 Å². The third-order valence-electron chi connectivity index (χ3n) is 2.48. The average molecular weight is 250 g/mol. The third kappa shape index (κ3) is 2.35. The van der Waals surface area contributed by atoms with Crippen LogP contribution in [0.15, 0.2) is 24.3 Å². The SMILES string of the molecule is O=C1C=CC(=O)N1CCOCN1C(=O)C=CC1=O. The summed E-state index contributed by atoms with van der Waals surface area (Å²) in [6.07, 6.45) is 4.67. The molecule has 7 heteroatoms. The van der Waals surface area contributed by atoms with Gasteiger partial charge >= 0.3 is 0 Å². The second kappa shape index (κ2) is 4.92. The summed E-state index contributed by atoms with van der Waals surface area (Å²) >= 11 is 0. The molecular formula is C11H10N2O5. The first-order valence-electron chi connectivity index (χ1n) is 5.24. The van der Waals surface area contributed by atoms with E-state index >= 15 is 0 Å². The maximum absolute atomic E-state index is 11.2. The van der Waals surface area contributed by atoms with Gasteiger partial charge in [-0.05, 0) is 0 Å². The van der Waals surface area contributed by atoms with Crippen molar-refractivity contribution in [3.63, 3.8) is 0 Å². The molecule has 0 fully saturated rings. The molecule has 0 saturated carbocycles. The minimum Gasteiger partial charge on any atom is -0.359 e. The lowest BCUT2D eigenvalue weighted by Gasteiger charge is -2.16. The van der Waals surface area contributed by atoms with Gasteiger partial charge in [-0.2, -0.15) is 0 Å². The standard InChI is InChI=1S/C11H10N2O5/c14-8-1-2-9(15)12(8)5-6-18-7-13-10(16)3-4-11(13)17/h1-4H,5-7H2. The zero-order valence-electron chi connectivity index (χ0n) is 9.37.